The number of benzene rings is 1. The predicted molar refractivity (Wildman–Crippen MR) is 81.5 cm³/mol. The van der Waals surface area contributed by atoms with Crippen LogP contribution in [-0.2, 0) is 19.7 Å². The second-order valence-corrected chi connectivity index (χ2v) is 9.22. The first kappa shape index (κ1) is 15.8. The Morgan fingerprint density at radius 2 is 1.90 bits per heavy atom. The van der Waals surface area contributed by atoms with Crippen LogP contribution in [0.25, 0.3) is 11.0 Å². The van der Waals surface area contributed by atoms with Gasteiger partial charge in [-0.3, -0.25) is 0 Å². The lowest BCUT2D eigenvalue weighted by Crippen LogP contribution is -2.15. The fraction of sp³-hybridized carbons (Fsp3) is 0.417. The summed E-state index contributed by atoms with van der Waals surface area (Å²) in [7, 11) is -6.80. The van der Waals surface area contributed by atoms with Crippen LogP contribution in [-0.4, -0.2) is 44.1 Å². The molecule has 0 aliphatic rings. The van der Waals surface area contributed by atoms with Gasteiger partial charge >= 0.3 is 0 Å². The predicted octanol–water partition coefficient (Wildman–Crippen LogP) is 0.744. The first-order chi connectivity index (χ1) is 9.73. The van der Waals surface area contributed by atoms with E-state index in [0.717, 1.165) is 0 Å². The number of nitrogens with two attached hydrogens (primary N) is 1. The van der Waals surface area contributed by atoms with Crippen LogP contribution < -0.4 is 5.73 Å². The number of hydrogen-bond donors (Lipinski definition) is 2. The van der Waals surface area contributed by atoms with Gasteiger partial charge in [0.25, 0.3) is 0 Å². The van der Waals surface area contributed by atoms with E-state index in [-0.39, 0.29) is 28.8 Å². The highest BCUT2D eigenvalue weighted by molar-refractivity contribution is 7.92. The van der Waals surface area contributed by atoms with Crippen LogP contribution in [0.2, 0.25) is 0 Å². The van der Waals surface area contributed by atoms with E-state index in [1.54, 1.807) is 18.2 Å². The largest absolute Gasteiger partial charge is 0.399 e. The van der Waals surface area contributed by atoms with Crippen LogP contribution in [0, 0.1) is 0 Å². The Bertz CT molecular complexity index is 854. The van der Waals surface area contributed by atoms with Crippen molar-refractivity contribution in [2.75, 3.05) is 23.0 Å². The molecule has 1 aromatic carbocycles. The van der Waals surface area contributed by atoms with Gasteiger partial charge in [-0.2, -0.15) is 0 Å². The summed E-state index contributed by atoms with van der Waals surface area (Å²) in [5, 5.41) is -0.156. The van der Waals surface area contributed by atoms with E-state index in [1.165, 1.54) is 6.92 Å². The Balaban J connectivity index is 2.18. The fourth-order valence-corrected chi connectivity index (χ4v) is 4.14. The van der Waals surface area contributed by atoms with E-state index in [4.69, 9.17) is 5.73 Å². The van der Waals surface area contributed by atoms with Gasteiger partial charge in [0.1, 0.15) is 9.84 Å². The number of nitrogens with zero attached hydrogens (tertiary/aromatic N) is 1. The lowest BCUT2D eigenvalue weighted by Gasteiger charge is -2.01. The molecule has 0 spiro atoms. The summed E-state index contributed by atoms with van der Waals surface area (Å²) in [6.45, 7) is 1.54. The van der Waals surface area contributed by atoms with Gasteiger partial charge in [-0.25, -0.2) is 21.8 Å². The number of nitrogen functional groups attached to an aromatic ring is 1. The van der Waals surface area contributed by atoms with Gasteiger partial charge in [0.15, 0.2) is 0 Å². The third-order valence-electron chi connectivity index (χ3n) is 3.09. The molecule has 3 N–H and O–H groups in total. The molecule has 116 valence electrons. The molecule has 0 fully saturated rings. The number of nitrogens with one attached hydrogen (secondary N) is 1. The third-order valence-corrected chi connectivity index (χ3v) is 6.49. The SMILES string of the molecule is CCS(=O)(=O)CCCS(=O)(=O)c1nc2ccc(N)cc2[nH]1. The first-order valence-electron chi connectivity index (χ1n) is 6.42. The smallest absolute Gasteiger partial charge is 0.226 e. The van der Waals surface area contributed by atoms with Crippen molar-refractivity contribution in [2.45, 2.75) is 18.5 Å². The molecule has 0 saturated heterocycles. The highest BCUT2D eigenvalue weighted by Crippen LogP contribution is 2.18. The van der Waals surface area contributed by atoms with Crippen molar-refractivity contribution < 1.29 is 16.8 Å². The molecular weight excluding hydrogens is 314 g/mol. The number of imidazole rings is 1. The van der Waals surface area contributed by atoms with Crippen LogP contribution in [0.3, 0.4) is 0 Å². The standard InChI is InChI=1S/C12H17N3O4S2/c1-2-20(16,17)6-3-7-21(18,19)12-14-10-5-4-9(13)8-11(10)15-12/h4-5,8H,2-3,6-7,13H2,1H3,(H,14,15). The Hall–Kier alpha value is -1.61. The topological polar surface area (TPSA) is 123 Å². The maximum absolute atomic E-state index is 12.1. The van der Waals surface area contributed by atoms with Crippen molar-refractivity contribution in [1.29, 1.82) is 0 Å². The van der Waals surface area contributed by atoms with E-state index in [9.17, 15) is 16.8 Å². The lowest BCUT2D eigenvalue weighted by atomic mass is 10.3. The first-order valence-corrected chi connectivity index (χ1v) is 9.89. The molecule has 7 nitrogen and oxygen atoms in total. The number of hydrogen-bond acceptors (Lipinski definition) is 6. The van der Waals surface area contributed by atoms with Gasteiger partial charge in [0.2, 0.25) is 15.0 Å². The number of H-pyrrole nitrogens is 1. The average molecular weight is 331 g/mol. The average Bonchev–Trinajstić information content (AvgIpc) is 2.82. The molecule has 21 heavy (non-hydrogen) atoms. The van der Waals surface area contributed by atoms with E-state index in [1.807, 2.05) is 0 Å². The molecule has 0 atom stereocenters. The zero-order chi connectivity index (χ0) is 15.7. The minimum atomic E-state index is -3.64. The highest BCUT2D eigenvalue weighted by Gasteiger charge is 2.20. The molecule has 2 aromatic rings. The summed E-state index contributed by atoms with van der Waals surface area (Å²) >= 11 is 0. The van der Waals surface area contributed by atoms with Crippen LogP contribution in [0.5, 0.6) is 0 Å². The second-order valence-electron chi connectivity index (χ2n) is 4.73. The molecule has 0 radical (unpaired) electrons. The lowest BCUT2D eigenvalue weighted by molar-refractivity contribution is 0.585. The molecule has 1 aromatic heterocycles. The van der Waals surface area contributed by atoms with Gasteiger partial charge in [-0.05, 0) is 24.6 Å². The number of aromatic nitrogens is 2. The summed E-state index contributed by atoms with van der Waals surface area (Å²) in [6.07, 6.45) is 0.0533. The van der Waals surface area contributed by atoms with Crippen molar-refractivity contribution in [1.82, 2.24) is 9.97 Å². The molecule has 0 saturated carbocycles. The zero-order valence-corrected chi connectivity index (χ0v) is 13.2. The molecule has 2 rings (SSSR count). The van der Waals surface area contributed by atoms with Gasteiger partial charge in [-0.15, -0.1) is 0 Å². The summed E-state index contributed by atoms with van der Waals surface area (Å²) in [5.74, 6) is -0.394. The third kappa shape index (κ3) is 3.73. The monoisotopic (exact) mass is 331 g/mol. The van der Waals surface area contributed by atoms with Crippen LogP contribution in [0.1, 0.15) is 13.3 Å². The number of aromatic amines is 1. The van der Waals surface area contributed by atoms with Crippen molar-refractivity contribution >= 4 is 36.4 Å². The molecule has 0 aliphatic heterocycles. The fourth-order valence-electron chi connectivity index (χ4n) is 1.86. The second kappa shape index (κ2) is 5.64. The maximum atomic E-state index is 12.1. The Labute approximate surface area is 123 Å². The molecule has 9 heteroatoms. The summed E-state index contributed by atoms with van der Waals surface area (Å²) in [6, 6.07) is 4.86. The molecule has 0 bridgehead atoms. The van der Waals surface area contributed by atoms with Gasteiger partial charge < -0.3 is 10.7 Å². The normalized spacial score (nSPS) is 12.8. The minimum Gasteiger partial charge on any atom is -0.399 e. The van der Waals surface area contributed by atoms with Gasteiger partial charge in [0.05, 0.1) is 22.5 Å². The van der Waals surface area contributed by atoms with Crippen LogP contribution in [0.4, 0.5) is 5.69 Å². The van der Waals surface area contributed by atoms with E-state index in [2.05, 4.69) is 9.97 Å². The highest BCUT2D eigenvalue weighted by atomic mass is 32.2. The van der Waals surface area contributed by atoms with Crippen molar-refractivity contribution in [2.24, 2.45) is 0 Å². The van der Waals surface area contributed by atoms with Crippen molar-refractivity contribution in [3.8, 4) is 0 Å². The van der Waals surface area contributed by atoms with E-state index in [0.29, 0.717) is 16.7 Å². The minimum absolute atomic E-state index is 0.0109. The summed E-state index contributed by atoms with van der Waals surface area (Å²) in [5.41, 5.74) is 7.17. The number of fused-ring (bicyclic) bond motifs is 1. The van der Waals surface area contributed by atoms with Crippen LogP contribution in [0.15, 0.2) is 23.4 Å². The molecular formula is C12H17N3O4S2. The van der Waals surface area contributed by atoms with Crippen LogP contribution >= 0.6 is 0 Å². The summed E-state index contributed by atoms with van der Waals surface area (Å²) in [4.78, 5) is 6.72. The Morgan fingerprint density at radius 3 is 2.57 bits per heavy atom. The number of anilines is 1. The molecule has 0 unspecified atom stereocenters. The van der Waals surface area contributed by atoms with E-state index < -0.39 is 19.7 Å². The van der Waals surface area contributed by atoms with E-state index >= 15 is 0 Å². The van der Waals surface area contributed by atoms with Crippen molar-refractivity contribution in [3.63, 3.8) is 0 Å². The number of sulfone groups is 2. The van der Waals surface area contributed by atoms with Gasteiger partial charge in [0, 0.05) is 11.4 Å². The summed E-state index contributed by atoms with van der Waals surface area (Å²) < 4.78 is 47.0. The maximum Gasteiger partial charge on any atom is 0.226 e. The number of rotatable bonds is 6. The quantitative estimate of drug-likeness (QED) is 0.753. The van der Waals surface area contributed by atoms with Gasteiger partial charge in [-0.1, -0.05) is 6.92 Å². The molecule has 1 heterocycles. The van der Waals surface area contributed by atoms with Crippen molar-refractivity contribution in [3.05, 3.63) is 18.2 Å². The molecule has 0 aliphatic carbocycles. The Kier molecular flexibility index (Phi) is 4.24. The molecule has 0 amide bonds. The zero-order valence-electron chi connectivity index (χ0n) is 11.5. The Morgan fingerprint density at radius 1 is 1.19 bits per heavy atom.